The highest BCUT2D eigenvalue weighted by molar-refractivity contribution is 7.17. The van der Waals surface area contributed by atoms with Crippen LogP contribution in [0.3, 0.4) is 0 Å². The van der Waals surface area contributed by atoms with E-state index in [0.717, 1.165) is 66.1 Å². The van der Waals surface area contributed by atoms with Gasteiger partial charge in [0.1, 0.15) is 5.75 Å². The molecule has 3 aromatic rings. The van der Waals surface area contributed by atoms with Crippen molar-refractivity contribution in [1.29, 1.82) is 0 Å². The first-order valence-corrected chi connectivity index (χ1v) is 10.6. The summed E-state index contributed by atoms with van der Waals surface area (Å²) in [6.07, 6.45) is 0.754. The molecule has 8 heteroatoms. The van der Waals surface area contributed by atoms with Gasteiger partial charge in [-0.2, -0.15) is 4.52 Å². The van der Waals surface area contributed by atoms with Crippen LogP contribution < -0.4 is 4.74 Å². The molecule has 1 aromatic carbocycles. The Balaban J connectivity index is 1.74. The molecule has 0 amide bonds. The predicted octanol–water partition coefficient (Wildman–Crippen LogP) is 2.79. The highest BCUT2D eigenvalue weighted by Crippen LogP contribution is 2.40. The molecule has 28 heavy (non-hydrogen) atoms. The second kappa shape index (κ2) is 8.06. The number of likely N-dealkylation sites (N-methyl/N-ethyl adjacent to an activating group) is 1. The van der Waals surface area contributed by atoms with Crippen molar-refractivity contribution in [3.63, 3.8) is 0 Å². The Labute approximate surface area is 169 Å². The molecule has 1 aliphatic heterocycles. The number of aromatic nitrogens is 3. The number of hydrogen-bond donors (Lipinski definition) is 1. The number of piperazine rings is 1. The highest BCUT2D eigenvalue weighted by atomic mass is 32.1. The number of methoxy groups -OCH3 is 1. The number of nitrogens with zero attached hydrogens (tertiary/aromatic N) is 5. The molecule has 0 saturated carbocycles. The number of aromatic hydroxyl groups is 1. The van der Waals surface area contributed by atoms with Crippen molar-refractivity contribution < 1.29 is 9.84 Å². The van der Waals surface area contributed by atoms with Gasteiger partial charge in [-0.3, -0.25) is 4.90 Å². The van der Waals surface area contributed by atoms with Crippen LogP contribution in [0.4, 0.5) is 0 Å². The summed E-state index contributed by atoms with van der Waals surface area (Å²) in [7, 11) is 1.67. The van der Waals surface area contributed by atoms with Crippen LogP contribution in [-0.4, -0.2) is 69.3 Å². The Morgan fingerprint density at radius 3 is 2.43 bits per heavy atom. The lowest BCUT2D eigenvalue weighted by molar-refractivity contribution is 0.113. The fourth-order valence-electron chi connectivity index (χ4n) is 3.77. The summed E-state index contributed by atoms with van der Waals surface area (Å²) in [5.41, 5.74) is 1.14. The van der Waals surface area contributed by atoms with Gasteiger partial charge in [0.15, 0.2) is 5.82 Å². The second-order valence-electron chi connectivity index (χ2n) is 7.01. The molecule has 1 saturated heterocycles. The topological polar surface area (TPSA) is 66.1 Å². The molecule has 0 radical (unpaired) electrons. The van der Waals surface area contributed by atoms with Crippen LogP contribution in [0.15, 0.2) is 24.3 Å². The van der Waals surface area contributed by atoms with Gasteiger partial charge in [-0.1, -0.05) is 37.3 Å². The van der Waals surface area contributed by atoms with Crippen LogP contribution in [0.25, 0.3) is 4.96 Å². The van der Waals surface area contributed by atoms with Gasteiger partial charge in [0, 0.05) is 32.6 Å². The summed E-state index contributed by atoms with van der Waals surface area (Å²) in [6.45, 7) is 9.27. The lowest BCUT2D eigenvalue weighted by Gasteiger charge is -2.38. The number of fused-ring (bicyclic) bond motifs is 1. The van der Waals surface area contributed by atoms with E-state index in [1.54, 1.807) is 11.6 Å². The molecular weight excluding hydrogens is 374 g/mol. The van der Waals surface area contributed by atoms with Crippen LogP contribution in [0.1, 0.15) is 36.2 Å². The van der Waals surface area contributed by atoms with E-state index in [1.165, 1.54) is 11.3 Å². The van der Waals surface area contributed by atoms with E-state index in [9.17, 15) is 5.11 Å². The van der Waals surface area contributed by atoms with Crippen molar-refractivity contribution >= 4 is 16.3 Å². The third-order valence-electron chi connectivity index (χ3n) is 5.46. The van der Waals surface area contributed by atoms with Crippen molar-refractivity contribution in [2.24, 2.45) is 0 Å². The SMILES string of the molecule is CCc1nc2sc([C@H](c3ccc(OC)cc3)N3CCN(CC)CC3)c(O)n2n1. The van der Waals surface area contributed by atoms with Crippen molar-refractivity contribution in [1.82, 2.24) is 24.4 Å². The molecule has 3 heterocycles. The van der Waals surface area contributed by atoms with E-state index in [1.807, 2.05) is 19.1 Å². The molecule has 1 atom stereocenters. The van der Waals surface area contributed by atoms with Crippen LogP contribution >= 0.6 is 11.3 Å². The maximum atomic E-state index is 11.0. The zero-order valence-corrected chi connectivity index (χ0v) is 17.4. The van der Waals surface area contributed by atoms with E-state index in [4.69, 9.17) is 4.74 Å². The summed E-state index contributed by atoms with van der Waals surface area (Å²) < 4.78 is 6.90. The molecule has 2 aromatic heterocycles. The van der Waals surface area contributed by atoms with Gasteiger partial charge in [-0.25, -0.2) is 4.98 Å². The van der Waals surface area contributed by atoms with Crippen molar-refractivity contribution in [3.8, 4) is 11.6 Å². The van der Waals surface area contributed by atoms with Gasteiger partial charge in [-0.15, -0.1) is 5.10 Å². The van der Waals surface area contributed by atoms with Gasteiger partial charge in [0.2, 0.25) is 10.8 Å². The van der Waals surface area contributed by atoms with Gasteiger partial charge in [0.05, 0.1) is 18.0 Å². The van der Waals surface area contributed by atoms with Crippen molar-refractivity contribution in [2.45, 2.75) is 26.3 Å². The molecule has 7 nitrogen and oxygen atoms in total. The van der Waals surface area contributed by atoms with Crippen LogP contribution in [-0.2, 0) is 6.42 Å². The average molecular weight is 402 g/mol. The van der Waals surface area contributed by atoms with E-state index in [2.05, 4.69) is 38.9 Å². The molecule has 0 unspecified atom stereocenters. The fourth-order valence-corrected chi connectivity index (χ4v) is 4.91. The molecular formula is C20H27N5O2S. The molecule has 0 bridgehead atoms. The van der Waals surface area contributed by atoms with E-state index >= 15 is 0 Å². The molecule has 1 fully saturated rings. The molecule has 4 rings (SSSR count). The quantitative estimate of drug-likeness (QED) is 0.685. The standard InChI is InChI=1S/C20H27N5O2S/c1-4-16-21-20-25(22-16)19(26)18(28-20)17(14-6-8-15(27-3)9-7-14)24-12-10-23(5-2)11-13-24/h6-9,17,26H,4-5,10-13H2,1-3H3/t17-/m0/s1. The Hall–Kier alpha value is -2.16. The number of hydrogen-bond acceptors (Lipinski definition) is 7. The van der Waals surface area contributed by atoms with Gasteiger partial charge in [-0.05, 0) is 24.2 Å². The molecule has 1 aliphatic rings. The summed E-state index contributed by atoms with van der Waals surface area (Å²) in [5.74, 6) is 1.79. The summed E-state index contributed by atoms with van der Waals surface area (Å²) in [5, 5.41) is 15.4. The summed E-state index contributed by atoms with van der Waals surface area (Å²) in [6, 6.07) is 8.11. The Morgan fingerprint density at radius 2 is 1.86 bits per heavy atom. The second-order valence-corrected chi connectivity index (χ2v) is 8.02. The van der Waals surface area contributed by atoms with Crippen LogP contribution in [0, 0.1) is 0 Å². The Kier molecular flexibility index (Phi) is 5.52. The molecule has 0 aliphatic carbocycles. The van der Waals surface area contributed by atoms with E-state index in [-0.39, 0.29) is 11.9 Å². The average Bonchev–Trinajstić information content (AvgIpc) is 3.28. The zero-order chi connectivity index (χ0) is 19.7. The van der Waals surface area contributed by atoms with Gasteiger partial charge < -0.3 is 14.7 Å². The number of benzene rings is 1. The third-order valence-corrected chi connectivity index (χ3v) is 6.53. The zero-order valence-electron chi connectivity index (χ0n) is 16.6. The first-order chi connectivity index (χ1) is 13.6. The monoisotopic (exact) mass is 401 g/mol. The molecule has 1 N–H and O–H groups in total. The van der Waals surface area contributed by atoms with E-state index in [0.29, 0.717) is 0 Å². The smallest absolute Gasteiger partial charge is 0.230 e. The minimum absolute atomic E-state index is 0.0245. The fraction of sp³-hybridized carbons (Fsp3) is 0.500. The number of rotatable bonds is 6. The van der Waals surface area contributed by atoms with Crippen LogP contribution in [0.2, 0.25) is 0 Å². The number of thiazole rings is 1. The Morgan fingerprint density at radius 1 is 1.14 bits per heavy atom. The predicted molar refractivity (Wildman–Crippen MR) is 110 cm³/mol. The lowest BCUT2D eigenvalue weighted by atomic mass is 10.0. The lowest BCUT2D eigenvalue weighted by Crippen LogP contribution is -2.47. The minimum Gasteiger partial charge on any atom is -0.497 e. The Bertz CT molecular complexity index is 928. The first kappa shape index (κ1) is 19.2. The molecule has 0 spiro atoms. The largest absolute Gasteiger partial charge is 0.497 e. The van der Waals surface area contributed by atoms with E-state index < -0.39 is 0 Å². The third kappa shape index (κ3) is 3.47. The first-order valence-electron chi connectivity index (χ1n) is 9.82. The van der Waals surface area contributed by atoms with Crippen molar-refractivity contribution in [2.75, 3.05) is 39.8 Å². The minimum atomic E-state index is -0.0245. The van der Waals surface area contributed by atoms with Gasteiger partial charge >= 0.3 is 0 Å². The normalized spacial score (nSPS) is 17.2. The number of aryl methyl sites for hydroxylation is 1. The van der Waals surface area contributed by atoms with Crippen molar-refractivity contribution in [3.05, 3.63) is 40.5 Å². The summed E-state index contributed by atoms with van der Waals surface area (Å²) in [4.78, 5) is 11.1. The number of ether oxygens (including phenoxy) is 1. The maximum absolute atomic E-state index is 11.0. The van der Waals surface area contributed by atoms with Crippen LogP contribution in [0.5, 0.6) is 11.6 Å². The summed E-state index contributed by atoms with van der Waals surface area (Å²) >= 11 is 1.53. The maximum Gasteiger partial charge on any atom is 0.230 e. The highest BCUT2D eigenvalue weighted by Gasteiger charge is 2.31. The van der Waals surface area contributed by atoms with Gasteiger partial charge in [0.25, 0.3) is 0 Å². The molecule has 150 valence electrons.